The highest BCUT2D eigenvalue weighted by molar-refractivity contribution is 5.69. The van der Waals surface area contributed by atoms with Gasteiger partial charge in [0.15, 0.2) is 0 Å². The van der Waals surface area contributed by atoms with Gasteiger partial charge in [0.2, 0.25) is 0 Å². The number of aromatic hydroxyl groups is 1. The summed E-state index contributed by atoms with van der Waals surface area (Å²) in [6.07, 6.45) is 2.49. The van der Waals surface area contributed by atoms with E-state index in [0.717, 1.165) is 37.4 Å². The molecule has 0 aliphatic carbocycles. The fourth-order valence-electron chi connectivity index (χ4n) is 2.54. The lowest BCUT2D eigenvalue weighted by molar-refractivity contribution is 0.120. The highest BCUT2D eigenvalue weighted by Gasteiger charge is 2.15. The number of ether oxygens (including phenoxy) is 1. The Morgan fingerprint density at radius 3 is 2.90 bits per heavy atom. The van der Waals surface area contributed by atoms with E-state index in [1.807, 2.05) is 25.1 Å². The van der Waals surface area contributed by atoms with Crippen LogP contribution in [0, 0.1) is 6.92 Å². The molecular weight excluding hydrogens is 266 g/mol. The number of nitrogens with zero attached hydrogens (tertiary/aromatic N) is 2. The van der Waals surface area contributed by atoms with Crippen LogP contribution in [0.5, 0.6) is 5.75 Å². The van der Waals surface area contributed by atoms with Gasteiger partial charge >= 0.3 is 0 Å². The predicted molar refractivity (Wildman–Crippen MR) is 81.3 cm³/mol. The molecule has 110 valence electrons. The smallest absolute Gasteiger partial charge is 0.149 e. The lowest BCUT2D eigenvalue weighted by Crippen LogP contribution is -2.19. The topological polar surface area (TPSA) is 67.3 Å². The number of hydrogen-bond donors (Lipinski definition) is 2. The molecule has 3 rings (SSSR count). The molecule has 0 spiro atoms. The summed E-state index contributed by atoms with van der Waals surface area (Å²) in [7, 11) is 0. The van der Waals surface area contributed by atoms with Crippen molar-refractivity contribution in [2.75, 3.05) is 18.5 Å². The number of phenolic OH excluding ortho intramolecular Hbond substituents is 1. The van der Waals surface area contributed by atoms with Crippen molar-refractivity contribution >= 4 is 5.82 Å². The summed E-state index contributed by atoms with van der Waals surface area (Å²) in [4.78, 5) is 0. The van der Waals surface area contributed by atoms with Crippen molar-refractivity contribution in [1.82, 2.24) is 10.2 Å². The maximum Gasteiger partial charge on any atom is 0.149 e. The largest absolute Gasteiger partial charge is 0.507 e. The molecule has 2 heterocycles. The molecule has 0 amide bonds. The van der Waals surface area contributed by atoms with Crippen molar-refractivity contribution in [3.8, 4) is 17.0 Å². The fraction of sp³-hybridized carbons (Fsp3) is 0.375. The zero-order chi connectivity index (χ0) is 14.7. The minimum atomic E-state index is 0.218. The Kier molecular flexibility index (Phi) is 4.01. The van der Waals surface area contributed by atoms with Crippen molar-refractivity contribution in [2.24, 2.45) is 0 Å². The van der Waals surface area contributed by atoms with E-state index < -0.39 is 0 Å². The number of anilines is 1. The molecular formula is C16H19N3O2. The van der Waals surface area contributed by atoms with Crippen LogP contribution in [0.4, 0.5) is 5.82 Å². The molecule has 1 atom stereocenters. The first kappa shape index (κ1) is 13.8. The molecule has 1 aromatic heterocycles. The van der Waals surface area contributed by atoms with Crippen LogP contribution in [0.15, 0.2) is 30.3 Å². The number of aromatic nitrogens is 2. The first-order chi connectivity index (χ1) is 10.2. The number of para-hydroxylation sites is 1. The van der Waals surface area contributed by atoms with Gasteiger partial charge in [0.05, 0.1) is 11.8 Å². The lowest BCUT2D eigenvalue weighted by atomic mass is 10.1. The average Bonchev–Trinajstić information content (AvgIpc) is 3.00. The van der Waals surface area contributed by atoms with Crippen LogP contribution >= 0.6 is 0 Å². The Morgan fingerprint density at radius 1 is 1.33 bits per heavy atom. The van der Waals surface area contributed by atoms with Crippen LogP contribution < -0.4 is 5.32 Å². The van der Waals surface area contributed by atoms with E-state index in [-0.39, 0.29) is 11.9 Å². The van der Waals surface area contributed by atoms with E-state index in [9.17, 15) is 5.11 Å². The number of nitrogens with one attached hydrogen (secondary N) is 1. The van der Waals surface area contributed by atoms with E-state index >= 15 is 0 Å². The normalized spacial score (nSPS) is 17.9. The van der Waals surface area contributed by atoms with Gasteiger partial charge in [-0.3, -0.25) is 0 Å². The molecule has 5 nitrogen and oxygen atoms in total. The van der Waals surface area contributed by atoms with Crippen molar-refractivity contribution in [3.05, 3.63) is 35.9 Å². The summed E-state index contributed by atoms with van der Waals surface area (Å²) in [6.45, 7) is 3.57. The third-order valence-corrected chi connectivity index (χ3v) is 3.68. The van der Waals surface area contributed by atoms with Crippen molar-refractivity contribution < 1.29 is 9.84 Å². The predicted octanol–water partition coefficient (Wildman–Crippen LogP) is 2.75. The second-order valence-electron chi connectivity index (χ2n) is 5.29. The monoisotopic (exact) mass is 285 g/mol. The molecule has 1 aliphatic rings. The molecule has 1 fully saturated rings. The van der Waals surface area contributed by atoms with Crippen LogP contribution in [0.25, 0.3) is 11.3 Å². The van der Waals surface area contributed by atoms with Crippen LogP contribution in [0.2, 0.25) is 0 Å². The second kappa shape index (κ2) is 6.10. The lowest BCUT2D eigenvalue weighted by Gasteiger charge is -2.12. The van der Waals surface area contributed by atoms with Crippen LogP contribution in [-0.2, 0) is 4.74 Å². The minimum Gasteiger partial charge on any atom is -0.507 e. The number of aryl methyl sites for hydroxylation is 1. The Labute approximate surface area is 124 Å². The number of benzene rings is 1. The van der Waals surface area contributed by atoms with Crippen molar-refractivity contribution in [1.29, 1.82) is 0 Å². The third-order valence-electron chi connectivity index (χ3n) is 3.68. The number of phenols is 1. The second-order valence-corrected chi connectivity index (χ2v) is 5.29. The first-order valence-electron chi connectivity index (χ1n) is 7.22. The third kappa shape index (κ3) is 3.13. The minimum absolute atomic E-state index is 0.218. The maximum absolute atomic E-state index is 9.90. The summed E-state index contributed by atoms with van der Waals surface area (Å²) in [6, 6.07) is 9.11. The van der Waals surface area contributed by atoms with Crippen LogP contribution in [0.3, 0.4) is 0 Å². The zero-order valence-electron chi connectivity index (χ0n) is 12.0. The number of hydrogen-bond acceptors (Lipinski definition) is 5. The molecule has 1 saturated heterocycles. The zero-order valence-corrected chi connectivity index (χ0v) is 12.0. The standard InChI is InChI=1S/C16H19N3O2/c1-11-9-15(17-10-12-5-4-8-21-12)18-19-16(11)13-6-2-3-7-14(13)20/h2-3,6-7,9,12,20H,4-5,8,10H2,1H3,(H,17,18)/t12-/m1/s1. The molecule has 1 aliphatic heterocycles. The Bertz CT molecular complexity index is 625. The Hall–Kier alpha value is -2.14. The average molecular weight is 285 g/mol. The van der Waals surface area contributed by atoms with Gasteiger partial charge in [-0.1, -0.05) is 12.1 Å². The van der Waals surface area contributed by atoms with Gasteiger partial charge in [0.25, 0.3) is 0 Å². The van der Waals surface area contributed by atoms with Gasteiger partial charge in [-0.05, 0) is 43.5 Å². The molecule has 2 aromatic rings. The van der Waals surface area contributed by atoms with Gasteiger partial charge in [0.1, 0.15) is 11.6 Å². The molecule has 0 bridgehead atoms. The number of rotatable bonds is 4. The van der Waals surface area contributed by atoms with Crippen LogP contribution in [0.1, 0.15) is 18.4 Å². The fourth-order valence-corrected chi connectivity index (χ4v) is 2.54. The molecule has 5 heteroatoms. The molecule has 21 heavy (non-hydrogen) atoms. The van der Waals surface area contributed by atoms with E-state index in [1.165, 1.54) is 0 Å². The summed E-state index contributed by atoms with van der Waals surface area (Å²) in [5.41, 5.74) is 2.38. The van der Waals surface area contributed by atoms with Gasteiger partial charge in [-0.25, -0.2) is 0 Å². The summed E-state index contributed by atoms with van der Waals surface area (Å²) in [5.74, 6) is 0.956. The van der Waals surface area contributed by atoms with E-state index in [0.29, 0.717) is 11.3 Å². The maximum atomic E-state index is 9.90. The highest BCUT2D eigenvalue weighted by Crippen LogP contribution is 2.29. The Morgan fingerprint density at radius 2 is 2.19 bits per heavy atom. The quantitative estimate of drug-likeness (QED) is 0.904. The van der Waals surface area contributed by atoms with Gasteiger partial charge < -0.3 is 15.2 Å². The SMILES string of the molecule is Cc1cc(NC[C@H]2CCCO2)nnc1-c1ccccc1O. The highest BCUT2D eigenvalue weighted by atomic mass is 16.5. The van der Waals surface area contributed by atoms with Gasteiger partial charge in [0, 0.05) is 18.7 Å². The summed E-state index contributed by atoms with van der Waals surface area (Å²) >= 11 is 0. The molecule has 2 N–H and O–H groups in total. The van der Waals surface area contributed by atoms with E-state index in [4.69, 9.17) is 4.74 Å². The summed E-state index contributed by atoms with van der Waals surface area (Å²) < 4.78 is 5.57. The molecule has 1 aromatic carbocycles. The van der Waals surface area contributed by atoms with E-state index in [1.54, 1.807) is 12.1 Å². The van der Waals surface area contributed by atoms with Crippen molar-refractivity contribution in [2.45, 2.75) is 25.9 Å². The van der Waals surface area contributed by atoms with Crippen LogP contribution in [-0.4, -0.2) is 34.6 Å². The van der Waals surface area contributed by atoms with Gasteiger partial charge in [-0.15, -0.1) is 10.2 Å². The molecule has 0 unspecified atom stereocenters. The first-order valence-corrected chi connectivity index (χ1v) is 7.22. The Balaban J connectivity index is 1.75. The van der Waals surface area contributed by atoms with Gasteiger partial charge in [-0.2, -0.15) is 0 Å². The van der Waals surface area contributed by atoms with E-state index in [2.05, 4.69) is 15.5 Å². The van der Waals surface area contributed by atoms with Crippen molar-refractivity contribution in [3.63, 3.8) is 0 Å². The summed E-state index contributed by atoms with van der Waals surface area (Å²) in [5, 5.41) is 21.6. The molecule has 0 saturated carbocycles. The molecule has 0 radical (unpaired) electrons.